The Hall–Kier alpha value is -1.77. The van der Waals surface area contributed by atoms with E-state index >= 15 is 0 Å². The van der Waals surface area contributed by atoms with E-state index in [4.69, 9.17) is 9.84 Å². The zero-order chi connectivity index (χ0) is 12.1. The molecule has 0 aromatic heterocycles. The average Bonchev–Trinajstić information content (AvgIpc) is 2.25. The monoisotopic (exact) mass is 222 g/mol. The van der Waals surface area contributed by atoms with Crippen LogP contribution in [0.4, 0.5) is 4.39 Å². The van der Waals surface area contributed by atoms with Crippen molar-refractivity contribution in [2.24, 2.45) is 0 Å². The minimum Gasteiger partial charge on any atom is -0.509 e. The SMILES string of the molecule is C=C(O)/C=C\C(=C)C1=C(F)C=C(OC)CC1. The molecule has 2 nitrogen and oxygen atoms in total. The first-order valence-electron chi connectivity index (χ1n) is 4.93. The van der Waals surface area contributed by atoms with E-state index in [-0.39, 0.29) is 11.6 Å². The second-order valence-corrected chi connectivity index (χ2v) is 3.49. The summed E-state index contributed by atoms with van der Waals surface area (Å²) in [5, 5.41) is 8.88. The second-order valence-electron chi connectivity index (χ2n) is 3.49. The molecule has 0 spiro atoms. The first kappa shape index (κ1) is 12.3. The molecule has 0 unspecified atom stereocenters. The summed E-state index contributed by atoms with van der Waals surface area (Å²) in [6.07, 6.45) is 5.51. The molecule has 1 aliphatic rings. The zero-order valence-corrected chi connectivity index (χ0v) is 9.29. The quantitative estimate of drug-likeness (QED) is 0.580. The normalized spacial score (nSPS) is 16.2. The highest BCUT2D eigenvalue weighted by Gasteiger charge is 2.14. The minimum atomic E-state index is -0.332. The van der Waals surface area contributed by atoms with Crippen molar-refractivity contribution in [1.82, 2.24) is 0 Å². The Labute approximate surface area is 94.7 Å². The van der Waals surface area contributed by atoms with Gasteiger partial charge in [-0.3, -0.25) is 0 Å². The summed E-state index contributed by atoms with van der Waals surface area (Å²) >= 11 is 0. The van der Waals surface area contributed by atoms with E-state index in [1.807, 2.05) is 0 Å². The highest BCUT2D eigenvalue weighted by Crippen LogP contribution is 2.29. The Morgan fingerprint density at radius 3 is 2.62 bits per heavy atom. The van der Waals surface area contributed by atoms with Gasteiger partial charge in [0.1, 0.15) is 11.6 Å². The standard InChI is InChI=1S/C13H15FO2/c1-9(4-5-10(2)15)12-7-6-11(16-3)8-13(12)14/h4-5,8,15H,1-2,6-7H2,3H3/b5-4-. The molecule has 16 heavy (non-hydrogen) atoms. The molecule has 0 atom stereocenters. The maximum Gasteiger partial charge on any atom is 0.130 e. The van der Waals surface area contributed by atoms with Gasteiger partial charge in [0.2, 0.25) is 0 Å². The number of methoxy groups -OCH3 is 1. The van der Waals surface area contributed by atoms with Crippen LogP contribution in [0.15, 0.2) is 59.9 Å². The van der Waals surface area contributed by atoms with Crippen LogP contribution in [-0.4, -0.2) is 12.2 Å². The molecular formula is C13H15FO2. The third kappa shape index (κ3) is 3.12. The van der Waals surface area contributed by atoms with Gasteiger partial charge < -0.3 is 9.84 Å². The third-order valence-electron chi connectivity index (χ3n) is 2.32. The highest BCUT2D eigenvalue weighted by molar-refractivity contribution is 5.45. The number of hydrogen-bond donors (Lipinski definition) is 1. The van der Waals surface area contributed by atoms with Gasteiger partial charge in [0.05, 0.1) is 12.9 Å². The number of aliphatic hydroxyl groups is 1. The molecule has 0 saturated heterocycles. The molecule has 0 amide bonds. The van der Waals surface area contributed by atoms with Gasteiger partial charge in [0.15, 0.2) is 0 Å². The van der Waals surface area contributed by atoms with Crippen molar-refractivity contribution in [3.05, 3.63) is 59.9 Å². The van der Waals surface area contributed by atoms with Gasteiger partial charge in [-0.05, 0) is 23.6 Å². The van der Waals surface area contributed by atoms with Crippen LogP contribution < -0.4 is 0 Å². The molecule has 0 aromatic carbocycles. The van der Waals surface area contributed by atoms with Crippen molar-refractivity contribution in [1.29, 1.82) is 0 Å². The van der Waals surface area contributed by atoms with Crippen LogP contribution in [0.1, 0.15) is 12.8 Å². The summed E-state index contributed by atoms with van der Waals surface area (Å²) in [4.78, 5) is 0. The van der Waals surface area contributed by atoms with Crippen LogP contribution in [0, 0.1) is 0 Å². The molecule has 0 heterocycles. The van der Waals surface area contributed by atoms with Crippen molar-refractivity contribution in [3.63, 3.8) is 0 Å². The molecule has 1 aliphatic carbocycles. The molecule has 0 aliphatic heterocycles. The molecule has 86 valence electrons. The predicted molar refractivity (Wildman–Crippen MR) is 62.5 cm³/mol. The molecule has 1 rings (SSSR count). The molecular weight excluding hydrogens is 207 g/mol. The molecule has 1 N–H and O–H groups in total. The maximum absolute atomic E-state index is 13.6. The Bertz CT molecular complexity index is 400. The van der Waals surface area contributed by atoms with Crippen molar-refractivity contribution in [2.75, 3.05) is 7.11 Å². The third-order valence-corrected chi connectivity index (χ3v) is 2.32. The number of allylic oxidation sites excluding steroid dienone is 7. The lowest BCUT2D eigenvalue weighted by Gasteiger charge is -2.15. The first-order chi connectivity index (χ1) is 7.54. The number of rotatable bonds is 4. The molecule has 0 saturated carbocycles. The molecule has 0 aromatic rings. The summed E-state index contributed by atoms with van der Waals surface area (Å²) in [7, 11) is 1.52. The van der Waals surface area contributed by atoms with Crippen LogP contribution in [0.2, 0.25) is 0 Å². The van der Waals surface area contributed by atoms with Gasteiger partial charge in [-0.2, -0.15) is 0 Å². The number of ether oxygens (including phenoxy) is 1. The second kappa shape index (κ2) is 5.35. The Morgan fingerprint density at radius 2 is 2.12 bits per heavy atom. The number of aliphatic hydroxyl groups excluding tert-OH is 1. The lowest BCUT2D eigenvalue weighted by atomic mass is 9.96. The molecule has 3 heteroatoms. The topological polar surface area (TPSA) is 29.5 Å². The van der Waals surface area contributed by atoms with E-state index in [0.717, 1.165) is 0 Å². The van der Waals surface area contributed by atoms with Crippen LogP contribution in [0.25, 0.3) is 0 Å². The van der Waals surface area contributed by atoms with E-state index in [2.05, 4.69) is 13.2 Å². The lowest BCUT2D eigenvalue weighted by molar-refractivity contribution is 0.273. The van der Waals surface area contributed by atoms with Crippen molar-refractivity contribution in [3.8, 4) is 0 Å². The Balaban J connectivity index is 2.85. The van der Waals surface area contributed by atoms with E-state index < -0.39 is 0 Å². The summed E-state index contributed by atoms with van der Waals surface area (Å²) < 4.78 is 18.6. The van der Waals surface area contributed by atoms with Crippen LogP contribution in [-0.2, 0) is 4.74 Å². The molecule has 0 radical (unpaired) electrons. The predicted octanol–water partition coefficient (Wildman–Crippen LogP) is 3.72. The lowest BCUT2D eigenvalue weighted by Crippen LogP contribution is -1.99. The highest BCUT2D eigenvalue weighted by atomic mass is 19.1. The number of halogens is 1. The van der Waals surface area contributed by atoms with Crippen molar-refractivity contribution >= 4 is 0 Å². The smallest absolute Gasteiger partial charge is 0.130 e. The van der Waals surface area contributed by atoms with Gasteiger partial charge in [-0.1, -0.05) is 19.2 Å². The van der Waals surface area contributed by atoms with Gasteiger partial charge in [-0.15, -0.1) is 0 Å². The van der Waals surface area contributed by atoms with Crippen molar-refractivity contribution < 1.29 is 14.2 Å². The van der Waals surface area contributed by atoms with Crippen LogP contribution >= 0.6 is 0 Å². The van der Waals surface area contributed by atoms with Gasteiger partial charge >= 0.3 is 0 Å². The van der Waals surface area contributed by atoms with Gasteiger partial charge in [0.25, 0.3) is 0 Å². The van der Waals surface area contributed by atoms with E-state index in [0.29, 0.717) is 29.7 Å². The minimum absolute atomic E-state index is 0.0777. The molecule has 0 bridgehead atoms. The zero-order valence-electron chi connectivity index (χ0n) is 9.29. The van der Waals surface area contributed by atoms with E-state index in [1.54, 1.807) is 6.08 Å². The maximum atomic E-state index is 13.6. The number of hydrogen-bond acceptors (Lipinski definition) is 2. The fraction of sp³-hybridized carbons (Fsp3) is 0.231. The van der Waals surface area contributed by atoms with Gasteiger partial charge in [0, 0.05) is 12.5 Å². The van der Waals surface area contributed by atoms with E-state index in [1.165, 1.54) is 19.3 Å². The molecule has 0 fully saturated rings. The van der Waals surface area contributed by atoms with Gasteiger partial charge in [-0.25, -0.2) is 4.39 Å². The first-order valence-corrected chi connectivity index (χ1v) is 4.93. The Kier molecular flexibility index (Phi) is 4.11. The summed E-state index contributed by atoms with van der Waals surface area (Å²) in [5.41, 5.74) is 1.08. The van der Waals surface area contributed by atoms with Crippen LogP contribution in [0.5, 0.6) is 0 Å². The fourth-order valence-electron chi connectivity index (χ4n) is 1.44. The van der Waals surface area contributed by atoms with Crippen LogP contribution in [0.3, 0.4) is 0 Å². The fourth-order valence-corrected chi connectivity index (χ4v) is 1.44. The average molecular weight is 222 g/mol. The Morgan fingerprint density at radius 1 is 1.44 bits per heavy atom. The summed E-state index contributed by atoms with van der Waals surface area (Å²) in [5.74, 6) is 0.219. The largest absolute Gasteiger partial charge is 0.509 e. The van der Waals surface area contributed by atoms with Crippen molar-refractivity contribution in [2.45, 2.75) is 12.8 Å². The van der Waals surface area contributed by atoms with E-state index in [9.17, 15) is 4.39 Å². The summed E-state index contributed by atoms with van der Waals surface area (Å²) in [6, 6.07) is 0. The summed E-state index contributed by atoms with van der Waals surface area (Å²) in [6.45, 7) is 7.05.